The molecule has 1 N–H and O–H groups in total. The molecule has 2 rings (SSSR count). The maximum atomic E-state index is 10.6. The van der Waals surface area contributed by atoms with Crippen LogP contribution in [-0.4, -0.2) is 14.9 Å². The molecule has 0 aliphatic rings. The molecule has 0 fully saturated rings. The van der Waals surface area contributed by atoms with Crippen LogP contribution in [0.3, 0.4) is 0 Å². The predicted molar refractivity (Wildman–Crippen MR) is 81.9 cm³/mol. The highest BCUT2D eigenvalue weighted by Crippen LogP contribution is 2.25. The molecule has 108 valence electrons. The second kappa shape index (κ2) is 6.23. The number of hydrogen-bond acceptors (Lipinski definition) is 2. The molecule has 0 radical (unpaired) electrons. The maximum Gasteiger partial charge on any atom is 0.121 e. The Hall–Kier alpha value is -1.61. The summed E-state index contributed by atoms with van der Waals surface area (Å²) in [6, 6.07) is 10.2. The lowest BCUT2D eigenvalue weighted by molar-refractivity contribution is 0.208. The zero-order valence-electron chi connectivity index (χ0n) is 12.8. The summed E-state index contributed by atoms with van der Waals surface area (Å²) in [7, 11) is 0. The molecule has 0 spiro atoms. The Morgan fingerprint density at radius 3 is 2.20 bits per heavy atom. The summed E-state index contributed by atoms with van der Waals surface area (Å²) < 4.78 is 1.89. The Morgan fingerprint density at radius 1 is 1.10 bits per heavy atom. The van der Waals surface area contributed by atoms with E-state index in [0.29, 0.717) is 5.92 Å². The molecule has 0 bridgehead atoms. The number of aromatic nitrogens is 2. The van der Waals surface area contributed by atoms with Crippen LogP contribution in [0.5, 0.6) is 0 Å². The van der Waals surface area contributed by atoms with Gasteiger partial charge in [-0.1, -0.05) is 45.0 Å². The van der Waals surface area contributed by atoms with Crippen molar-refractivity contribution in [2.24, 2.45) is 0 Å². The van der Waals surface area contributed by atoms with Gasteiger partial charge >= 0.3 is 0 Å². The van der Waals surface area contributed by atoms with Crippen LogP contribution in [-0.2, 0) is 13.0 Å². The summed E-state index contributed by atoms with van der Waals surface area (Å²) in [4.78, 5) is 0. The lowest BCUT2D eigenvalue weighted by Crippen LogP contribution is -2.09. The van der Waals surface area contributed by atoms with E-state index in [2.05, 4.69) is 38.0 Å². The minimum atomic E-state index is -0.607. The fraction of sp³-hybridized carbons (Fsp3) is 0.471. The largest absolute Gasteiger partial charge is 0.382 e. The van der Waals surface area contributed by atoms with Gasteiger partial charge in [-0.2, -0.15) is 5.10 Å². The van der Waals surface area contributed by atoms with Crippen LogP contribution in [0.1, 0.15) is 62.2 Å². The van der Waals surface area contributed by atoms with E-state index in [4.69, 9.17) is 0 Å². The second-order valence-electron chi connectivity index (χ2n) is 5.45. The van der Waals surface area contributed by atoms with E-state index in [1.807, 2.05) is 29.8 Å². The average molecular weight is 272 g/mol. The molecule has 20 heavy (non-hydrogen) atoms. The molecule has 1 aromatic carbocycles. The van der Waals surface area contributed by atoms with Gasteiger partial charge in [0.2, 0.25) is 0 Å². The number of benzene rings is 1. The van der Waals surface area contributed by atoms with Gasteiger partial charge < -0.3 is 5.11 Å². The van der Waals surface area contributed by atoms with Gasteiger partial charge in [-0.25, -0.2) is 0 Å². The van der Waals surface area contributed by atoms with Crippen LogP contribution in [0.2, 0.25) is 0 Å². The van der Waals surface area contributed by atoms with Crippen LogP contribution >= 0.6 is 0 Å². The first kappa shape index (κ1) is 14.8. The summed E-state index contributed by atoms with van der Waals surface area (Å²) in [5.41, 5.74) is 4.12. The van der Waals surface area contributed by atoms with Gasteiger partial charge in [-0.15, -0.1) is 0 Å². The summed E-state index contributed by atoms with van der Waals surface area (Å²) >= 11 is 0. The van der Waals surface area contributed by atoms with E-state index < -0.39 is 6.10 Å². The highest BCUT2D eigenvalue weighted by molar-refractivity contribution is 5.31. The molecule has 0 amide bonds. The Labute approximate surface area is 121 Å². The standard InChI is InChI=1S/C17H24N2O/c1-5-15-11-16(19(6-2)18-15)17(20)14-9-7-13(8-10-14)12(3)4/h7-12,17,20H,5-6H2,1-4H3. The van der Waals surface area contributed by atoms with Crippen LogP contribution < -0.4 is 0 Å². The van der Waals surface area contributed by atoms with Crippen molar-refractivity contribution in [1.82, 2.24) is 9.78 Å². The van der Waals surface area contributed by atoms with Gasteiger partial charge in [-0.05, 0) is 36.5 Å². The predicted octanol–water partition coefficient (Wildman–Crippen LogP) is 3.67. The normalized spacial score (nSPS) is 12.9. The monoisotopic (exact) mass is 272 g/mol. The first-order chi connectivity index (χ1) is 9.56. The second-order valence-corrected chi connectivity index (χ2v) is 5.45. The molecule has 0 saturated heterocycles. The molecule has 3 heteroatoms. The third-order valence-corrected chi connectivity index (χ3v) is 3.72. The Balaban J connectivity index is 2.30. The quantitative estimate of drug-likeness (QED) is 0.901. The van der Waals surface area contributed by atoms with Crippen molar-refractivity contribution < 1.29 is 5.11 Å². The maximum absolute atomic E-state index is 10.6. The average Bonchev–Trinajstić information content (AvgIpc) is 2.90. The molecule has 2 aromatic rings. The van der Waals surface area contributed by atoms with E-state index in [-0.39, 0.29) is 0 Å². The van der Waals surface area contributed by atoms with Crippen molar-refractivity contribution in [3.8, 4) is 0 Å². The van der Waals surface area contributed by atoms with Gasteiger partial charge in [0, 0.05) is 6.54 Å². The summed E-state index contributed by atoms with van der Waals surface area (Å²) in [5.74, 6) is 0.508. The zero-order valence-corrected chi connectivity index (χ0v) is 12.8. The third kappa shape index (κ3) is 2.93. The molecule has 0 saturated carbocycles. The number of rotatable bonds is 5. The van der Waals surface area contributed by atoms with Crippen molar-refractivity contribution in [1.29, 1.82) is 0 Å². The summed E-state index contributed by atoms with van der Waals surface area (Å²) in [5, 5.41) is 15.1. The molecule has 1 atom stereocenters. The molecule has 0 aliphatic heterocycles. The minimum Gasteiger partial charge on any atom is -0.382 e. The van der Waals surface area contributed by atoms with E-state index in [1.165, 1.54) is 5.56 Å². The van der Waals surface area contributed by atoms with Crippen LogP contribution in [0.25, 0.3) is 0 Å². The first-order valence-electron chi connectivity index (χ1n) is 7.41. The first-order valence-corrected chi connectivity index (χ1v) is 7.41. The lowest BCUT2D eigenvalue weighted by atomic mass is 9.99. The number of aliphatic hydroxyl groups is 1. The van der Waals surface area contributed by atoms with E-state index in [1.54, 1.807) is 0 Å². The van der Waals surface area contributed by atoms with Crippen LogP contribution in [0.4, 0.5) is 0 Å². The van der Waals surface area contributed by atoms with Crippen molar-refractivity contribution >= 4 is 0 Å². The molecule has 0 aliphatic carbocycles. The number of aliphatic hydroxyl groups excluding tert-OH is 1. The van der Waals surface area contributed by atoms with Crippen LogP contribution in [0.15, 0.2) is 30.3 Å². The fourth-order valence-electron chi connectivity index (χ4n) is 2.37. The van der Waals surface area contributed by atoms with E-state index in [0.717, 1.165) is 29.9 Å². The Kier molecular flexibility index (Phi) is 4.61. The molecule has 1 aromatic heterocycles. The molecule has 1 heterocycles. The Bertz CT molecular complexity index is 555. The molecule has 1 unspecified atom stereocenters. The van der Waals surface area contributed by atoms with Gasteiger partial charge in [-0.3, -0.25) is 4.68 Å². The molecule has 3 nitrogen and oxygen atoms in total. The number of nitrogens with zero attached hydrogens (tertiary/aromatic N) is 2. The van der Waals surface area contributed by atoms with Crippen molar-refractivity contribution in [3.05, 3.63) is 52.8 Å². The summed E-state index contributed by atoms with van der Waals surface area (Å²) in [6.07, 6.45) is 0.280. The topological polar surface area (TPSA) is 38.0 Å². The van der Waals surface area contributed by atoms with Crippen molar-refractivity contribution in [3.63, 3.8) is 0 Å². The highest BCUT2D eigenvalue weighted by Gasteiger charge is 2.17. The minimum absolute atomic E-state index is 0.508. The number of hydrogen-bond donors (Lipinski definition) is 1. The van der Waals surface area contributed by atoms with E-state index in [9.17, 15) is 5.11 Å². The van der Waals surface area contributed by atoms with E-state index >= 15 is 0 Å². The van der Waals surface area contributed by atoms with Gasteiger partial charge in [0.1, 0.15) is 6.10 Å². The number of aryl methyl sites for hydroxylation is 2. The lowest BCUT2D eigenvalue weighted by Gasteiger charge is -2.14. The van der Waals surface area contributed by atoms with Gasteiger partial charge in [0.25, 0.3) is 0 Å². The fourth-order valence-corrected chi connectivity index (χ4v) is 2.37. The zero-order chi connectivity index (χ0) is 14.7. The molecular formula is C17H24N2O. The SMILES string of the molecule is CCc1cc(C(O)c2ccc(C(C)C)cc2)n(CC)n1. The molecular weight excluding hydrogens is 248 g/mol. The van der Waals surface area contributed by atoms with Crippen molar-refractivity contribution in [2.45, 2.75) is 52.7 Å². The third-order valence-electron chi connectivity index (χ3n) is 3.72. The highest BCUT2D eigenvalue weighted by atomic mass is 16.3. The van der Waals surface area contributed by atoms with Crippen molar-refractivity contribution in [2.75, 3.05) is 0 Å². The smallest absolute Gasteiger partial charge is 0.121 e. The van der Waals surface area contributed by atoms with Gasteiger partial charge in [0.05, 0.1) is 11.4 Å². The summed E-state index contributed by atoms with van der Waals surface area (Å²) in [6.45, 7) is 9.24. The van der Waals surface area contributed by atoms with Crippen LogP contribution in [0, 0.1) is 0 Å². The van der Waals surface area contributed by atoms with Gasteiger partial charge in [0.15, 0.2) is 0 Å². The Morgan fingerprint density at radius 2 is 1.70 bits per heavy atom.